The number of aliphatic hydroxyl groups excluding tert-OH is 5. The molecule has 61 heavy (non-hydrogen) atoms. The molecule has 338 valence electrons. The Hall–Kier alpha value is -3.79. The molecule has 1 aliphatic carbocycles. The van der Waals surface area contributed by atoms with Crippen molar-refractivity contribution in [1.82, 2.24) is 0 Å². The first-order chi connectivity index (χ1) is 29.3. The number of aryl methyl sites for hydroxylation is 1. The van der Waals surface area contributed by atoms with E-state index in [1.807, 2.05) is 6.92 Å². The maximum Gasteiger partial charge on any atom is 0.338 e. The predicted molar refractivity (Wildman–Crippen MR) is 212 cm³/mol. The zero-order valence-electron chi connectivity index (χ0n) is 34.5. The summed E-state index contributed by atoms with van der Waals surface area (Å²) in [5.41, 5.74) is 1.37. The molecule has 1 saturated carbocycles. The third kappa shape index (κ3) is 11.2. The van der Waals surface area contributed by atoms with Crippen LogP contribution in [-0.2, 0) is 49.2 Å². The van der Waals surface area contributed by atoms with Crippen LogP contribution in [0.2, 0.25) is 0 Å². The molecule has 4 aliphatic rings. The van der Waals surface area contributed by atoms with Gasteiger partial charge in [0.25, 0.3) is 5.91 Å². The summed E-state index contributed by atoms with van der Waals surface area (Å²) in [6.45, 7) is 2.54. The minimum absolute atomic E-state index is 0.00642. The van der Waals surface area contributed by atoms with Crippen LogP contribution in [0, 0.1) is 5.92 Å². The average molecular weight is 862 g/mol. The number of anilines is 1. The summed E-state index contributed by atoms with van der Waals surface area (Å²) in [6.07, 6.45) is -16.0. The van der Waals surface area contributed by atoms with Gasteiger partial charge in [-0.05, 0) is 55.9 Å². The molecular weight excluding hydrogens is 802 g/mol. The van der Waals surface area contributed by atoms with Crippen molar-refractivity contribution in [3.8, 4) is 5.75 Å². The Morgan fingerprint density at radius 1 is 0.852 bits per heavy atom. The van der Waals surface area contributed by atoms with Gasteiger partial charge in [0.1, 0.15) is 48.5 Å². The normalized spacial score (nSPS) is 33.9. The van der Waals surface area contributed by atoms with Crippen LogP contribution in [-0.4, -0.2) is 155 Å². The van der Waals surface area contributed by atoms with E-state index in [-0.39, 0.29) is 30.9 Å². The van der Waals surface area contributed by atoms with Gasteiger partial charge in [0, 0.05) is 11.8 Å². The zero-order chi connectivity index (χ0) is 43.8. The Bertz CT molecular complexity index is 1740. The summed E-state index contributed by atoms with van der Waals surface area (Å²) < 4.78 is 48.3. The van der Waals surface area contributed by atoms with E-state index in [1.165, 1.54) is 26.2 Å². The van der Waals surface area contributed by atoms with Gasteiger partial charge >= 0.3 is 11.9 Å². The van der Waals surface area contributed by atoms with Crippen molar-refractivity contribution in [3.63, 3.8) is 0 Å². The first kappa shape index (κ1) is 46.7. The van der Waals surface area contributed by atoms with Crippen molar-refractivity contribution in [2.75, 3.05) is 25.6 Å². The van der Waals surface area contributed by atoms with Gasteiger partial charge in [-0.15, -0.1) is 0 Å². The topological polar surface area (TPSA) is 258 Å². The summed E-state index contributed by atoms with van der Waals surface area (Å²) in [7, 11) is 1.50. The van der Waals surface area contributed by atoms with E-state index < -0.39 is 110 Å². The van der Waals surface area contributed by atoms with Crippen molar-refractivity contribution in [3.05, 3.63) is 59.7 Å². The largest absolute Gasteiger partial charge is 0.496 e. The molecule has 0 bridgehead atoms. The highest BCUT2D eigenvalue weighted by molar-refractivity contribution is 5.95. The smallest absolute Gasteiger partial charge is 0.338 e. The lowest BCUT2D eigenvalue weighted by Crippen LogP contribution is -2.65. The highest BCUT2D eigenvalue weighted by Crippen LogP contribution is 2.36. The molecule has 4 fully saturated rings. The average Bonchev–Trinajstić information content (AvgIpc) is 3.27. The number of amides is 1. The molecule has 3 aliphatic heterocycles. The quantitative estimate of drug-likeness (QED) is 0.119. The molecule has 14 unspecified atom stereocenters. The zero-order valence-corrected chi connectivity index (χ0v) is 34.5. The van der Waals surface area contributed by atoms with Gasteiger partial charge in [-0.3, -0.25) is 4.79 Å². The summed E-state index contributed by atoms with van der Waals surface area (Å²) in [5, 5.41) is 67.2. The van der Waals surface area contributed by atoms with Crippen LogP contribution < -0.4 is 10.1 Å². The van der Waals surface area contributed by atoms with Crippen LogP contribution in [0.4, 0.5) is 5.69 Å². The Kier molecular flexibility index (Phi) is 16.5. The molecule has 7 N–H and O–H groups in total. The molecule has 1 amide bonds. The number of carboxylic acid groups (broad SMARTS) is 1. The number of nitrogens with one attached hydrogen (secondary N) is 1. The number of carbonyl (C=O) groups excluding carboxylic acids is 2. The summed E-state index contributed by atoms with van der Waals surface area (Å²) in [4.78, 5) is 40.6. The lowest BCUT2D eigenvalue weighted by Gasteiger charge is -2.47. The summed E-state index contributed by atoms with van der Waals surface area (Å²) in [6, 6.07) is 13.0. The molecular formula is C43H59NO17. The first-order valence-electron chi connectivity index (χ1n) is 21.0. The number of aliphatic hydroxyl groups is 5. The van der Waals surface area contributed by atoms with Gasteiger partial charge in [0.2, 0.25) is 0 Å². The minimum atomic E-state index is -1.79. The van der Waals surface area contributed by atoms with Gasteiger partial charge in [-0.25, -0.2) is 9.59 Å². The molecule has 18 nitrogen and oxygen atoms in total. The van der Waals surface area contributed by atoms with Gasteiger partial charge in [0.15, 0.2) is 30.9 Å². The molecule has 2 aromatic rings. The number of benzene rings is 2. The number of methoxy groups -OCH3 is 1. The first-order valence-corrected chi connectivity index (χ1v) is 21.0. The van der Waals surface area contributed by atoms with Gasteiger partial charge < -0.3 is 73.9 Å². The number of carbonyl (C=O) groups is 3. The number of ether oxygens (including phenoxy) is 8. The van der Waals surface area contributed by atoms with Gasteiger partial charge in [-0.2, -0.15) is 0 Å². The standard InChI is InChI=1S/C43H59NO17/c1-4-24-15-16-26(20-28(24)54-3)44-39(50)37-35(61-42-34(49)33(48)31(46)22(2)56-42)27(17-18-55-37)58-43-38(60-41(53)25-13-9-6-10-14-25)36(32(47)30(21-45)59-43)57-29(40(51)52)19-23-11-7-5-8-12-23/h6,9-10,13-16,20,22-23,27,29-38,42-43,45-49H,4-5,7-8,11-12,17-19,21H2,1-3H3,(H,44,50)(H,51,52). The van der Waals surface area contributed by atoms with Crippen LogP contribution in [0.25, 0.3) is 0 Å². The van der Waals surface area contributed by atoms with Gasteiger partial charge in [-0.1, -0.05) is 63.3 Å². The van der Waals surface area contributed by atoms with Gasteiger partial charge in [0.05, 0.1) is 38.1 Å². The molecule has 0 radical (unpaired) electrons. The van der Waals surface area contributed by atoms with Crippen molar-refractivity contribution in [2.45, 2.75) is 151 Å². The molecule has 14 atom stereocenters. The van der Waals surface area contributed by atoms with E-state index in [0.717, 1.165) is 37.7 Å². The number of hydrogen-bond donors (Lipinski definition) is 7. The van der Waals surface area contributed by atoms with Crippen LogP contribution in [0.1, 0.15) is 74.7 Å². The fourth-order valence-electron chi connectivity index (χ4n) is 8.40. The number of rotatable bonds is 16. The maximum atomic E-state index is 14.1. The molecule has 0 spiro atoms. The van der Waals surface area contributed by atoms with Crippen molar-refractivity contribution < 1.29 is 82.9 Å². The highest BCUT2D eigenvalue weighted by atomic mass is 16.8. The van der Waals surface area contributed by atoms with E-state index in [0.29, 0.717) is 17.9 Å². The number of aliphatic carboxylic acids is 1. The third-order valence-corrected chi connectivity index (χ3v) is 11.9. The van der Waals surface area contributed by atoms with E-state index in [2.05, 4.69) is 5.32 Å². The van der Waals surface area contributed by atoms with Crippen LogP contribution in [0.3, 0.4) is 0 Å². The maximum absolute atomic E-state index is 14.1. The third-order valence-electron chi connectivity index (χ3n) is 11.9. The van der Waals surface area contributed by atoms with E-state index in [1.54, 1.807) is 36.4 Å². The fraction of sp³-hybridized carbons (Fsp3) is 0.651. The Labute approximate surface area is 353 Å². The van der Waals surface area contributed by atoms with Crippen molar-refractivity contribution in [1.29, 1.82) is 0 Å². The van der Waals surface area contributed by atoms with E-state index >= 15 is 0 Å². The highest BCUT2D eigenvalue weighted by Gasteiger charge is 2.54. The summed E-state index contributed by atoms with van der Waals surface area (Å²) in [5.74, 6) is -2.32. The molecule has 6 rings (SSSR count). The molecule has 0 aromatic heterocycles. The monoisotopic (exact) mass is 861 g/mol. The molecule has 3 heterocycles. The van der Waals surface area contributed by atoms with Crippen LogP contribution in [0.15, 0.2) is 48.5 Å². The SMILES string of the molecule is CCc1ccc(NC(=O)C2OCCC(OC3OC(CO)C(O)C(OC(CC4CCCCC4)C(=O)O)C3OC(=O)c3ccccc3)C2OC2OC(C)C(O)C(O)C2O)cc1OC. The lowest BCUT2D eigenvalue weighted by atomic mass is 9.85. The molecule has 2 aromatic carbocycles. The lowest BCUT2D eigenvalue weighted by molar-refractivity contribution is -0.353. The number of carboxylic acids is 1. The molecule has 18 heteroatoms. The molecule has 3 saturated heterocycles. The Morgan fingerprint density at radius 3 is 2.26 bits per heavy atom. The van der Waals surface area contributed by atoms with Crippen LogP contribution >= 0.6 is 0 Å². The Morgan fingerprint density at radius 2 is 1.59 bits per heavy atom. The minimum Gasteiger partial charge on any atom is -0.496 e. The Balaban J connectivity index is 1.34. The van der Waals surface area contributed by atoms with E-state index in [4.69, 9.17) is 37.9 Å². The van der Waals surface area contributed by atoms with Crippen LogP contribution in [0.5, 0.6) is 5.75 Å². The number of hydrogen-bond acceptors (Lipinski definition) is 16. The van der Waals surface area contributed by atoms with E-state index in [9.17, 15) is 45.0 Å². The second-order valence-corrected chi connectivity index (χ2v) is 16.0. The van der Waals surface area contributed by atoms with Crippen molar-refractivity contribution in [2.24, 2.45) is 5.92 Å². The summed E-state index contributed by atoms with van der Waals surface area (Å²) >= 11 is 0. The van der Waals surface area contributed by atoms with Crippen molar-refractivity contribution >= 4 is 23.5 Å². The second-order valence-electron chi connectivity index (χ2n) is 16.0. The predicted octanol–water partition coefficient (Wildman–Crippen LogP) is 1.70. The second kappa shape index (κ2) is 21.5. The number of esters is 1. The fourth-order valence-corrected chi connectivity index (χ4v) is 8.40.